The second-order valence-corrected chi connectivity index (χ2v) is 4.53. The Bertz CT molecular complexity index is 799. The van der Waals surface area contributed by atoms with Crippen LogP contribution in [0.1, 0.15) is 21.0 Å². The Balaban J connectivity index is 2.23. The summed E-state index contributed by atoms with van der Waals surface area (Å²) in [6, 6.07) is 1.40. The topological polar surface area (TPSA) is 116 Å². The Labute approximate surface area is 109 Å². The van der Waals surface area contributed by atoms with Crippen molar-refractivity contribution in [2.24, 2.45) is 5.73 Å². The normalized spacial score (nSPS) is 10.9. The molecule has 0 saturated heterocycles. The number of carbonyl (C=O) groups excluding carboxylic acids is 1. The number of thiazole rings is 1. The summed E-state index contributed by atoms with van der Waals surface area (Å²) in [6.45, 7) is 0. The lowest BCUT2D eigenvalue weighted by atomic mass is 10.4. The van der Waals surface area contributed by atoms with Gasteiger partial charge in [-0.05, 0) is 6.07 Å². The van der Waals surface area contributed by atoms with Crippen molar-refractivity contribution in [2.75, 3.05) is 0 Å². The minimum Gasteiger partial charge on any atom is -0.476 e. The first kappa shape index (κ1) is 11.4. The van der Waals surface area contributed by atoms with Crippen LogP contribution >= 0.6 is 11.3 Å². The number of aromatic nitrogens is 4. The fourth-order valence-corrected chi connectivity index (χ4v) is 2.42. The highest BCUT2D eigenvalue weighted by molar-refractivity contribution is 7.15. The average Bonchev–Trinajstić information content (AvgIpc) is 3.02. The summed E-state index contributed by atoms with van der Waals surface area (Å²) in [5.41, 5.74) is 5.13. The van der Waals surface area contributed by atoms with E-state index in [0.717, 1.165) is 0 Å². The van der Waals surface area contributed by atoms with Gasteiger partial charge in [-0.2, -0.15) is 10.1 Å². The van der Waals surface area contributed by atoms with Crippen molar-refractivity contribution in [2.45, 2.75) is 0 Å². The quantitative estimate of drug-likeness (QED) is 0.718. The maximum absolute atomic E-state index is 11.3. The molecule has 0 saturated carbocycles. The molecule has 8 nitrogen and oxygen atoms in total. The van der Waals surface area contributed by atoms with Crippen molar-refractivity contribution in [1.82, 2.24) is 19.2 Å². The molecule has 96 valence electrons. The van der Waals surface area contributed by atoms with Crippen molar-refractivity contribution in [3.63, 3.8) is 0 Å². The van der Waals surface area contributed by atoms with Gasteiger partial charge in [-0.25, -0.2) is 9.48 Å². The lowest BCUT2D eigenvalue weighted by Crippen LogP contribution is -2.13. The number of fused-ring (bicyclic) bond motifs is 1. The van der Waals surface area contributed by atoms with Crippen LogP contribution < -0.4 is 5.73 Å². The van der Waals surface area contributed by atoms with E-state index in [1.807, 2.05) is 0 Å². The number of carboxylic acid groups (broad SMARTS) is 1. The zero-order chi connectivity index (χ0) is 13.6. The Morgan fingerprint density at radius 1 is 1.37 bits per heavy atom. The third-order valence-corrected chi connectivity index (χ3v) is 3.26. The molecule has 3 aromatic heterocycles. The molecule has 0 radical (unpaired) electrons. The predicted molar refractivity (Wildman–Crippen MR) is 65.7 cm³/mol. The maximum atomic E-state index is 11.3. The molecule has 9 heteroatoms. The summed E-state index contributed by atoms with van der Waals surface area (Å²) in [7, 11) is 0. The molecule has 1 amide bonds. The van der Waals surface area contributed by atoms with Crippen LogP contribution in [0.25, 0.3) is 10.8 Å². The lowest BCUT2D eigenvalue weighted by Gasteiger charge is -1.98. The van der Waals surface area contributed by atoms with E-state index in [-0.39, 0.29) is 17.2 Å². The number of hydrogen-bond acceptors (Lipinski definition) is 5. The zero-order valence-electron chi connectivity index (χ0n) is 9.35. The number of primary amides is 1. The third-order valence-electron chi connectivity index (χ3n) is 2.50. The summed E-state index contributed by atoms with van der Waals surface area (Å²) in [4.78, 5) is 27.0. The van der Waals surface area contributed by atoms with Gasteiger partial charge in [0.05, 0.1) is 0 Å². The number of carboxylic acids is 1. The fourth-order valence-electron chi connectivity index (χ4n) is 1.71. The van der Waals surface area contributed by atoms with E-state index >= 15 is 0 Å². The van der Waals surface area contributed by atoms with E-state index in [2.05, 4.69) is 10.1 Å². The zero-order valence-corrected chi connectivity index (χ0v) is 10.2. The van der Waals surface area contributed by atoms with E-state index in [1.165, 1.54) is 32.7 Å². The number of rotatable bonds is 3. The number of amides is 1. The van der Waals surface area contributed by atoms with E-state index < -0.39 is 11.9 Å². The predicted octanol–water partition coefficient (Wildman–Crippen LogP) is 0.379. The smallest absolute Gasteiger partial charge is 0.356 e. The standard InChI is InChI=1S/C10H7N5O3S/c11-7(16)5-1-2-15(13-5)8-6(9(17)18)14-3-4-19-10(14)12-8/h1-4H,(H2,11,16)(H,17,18). The van der Waals surface area contributed by atoms with Gasteiger partial charge in [0.2, 0.25) is 0 Å². The Morgan fingerprint density at radius 3 is 2.79 bits per heavy atom. The molecule has 0 atom stereocenters. The van der Waals surface area contributed by atoms with Gasteiger partial charge < -0.3 is 10.8 Å². The van der Waals surface area contributed by atoms with E-state index in [9.17, 15) is 14.7 Å². The van der Waals surface area contributed by atoms with Gasteiger partial charge in [0.15, 0.2) is 16.5 Å². The number of imidazole rings is 1. The van der Waals surface area contributed by atoms with E-state index in [0.29, 0.717) is 4.96 Å². The van der Waals surface area contributed by atoms with Gasteiger partial charge in [0.25, 0.3) is 5.91 Å². The summed E-state index contributed by atoms with van der Waals surface area (Å²) in [5, 5.41) is 14.9. The van der Waals surface area contributed by atoms with Crippen LogP contribution in [0.3, 0.4) is 0 Å². The minimum absolute atomic E-state index is 0.0182. The Morgan fingerprint density at radius 2 is 2.16 bits per heavy atom. The van der Waals surface area contributed by atoms with Crippen LogP contribution in [0.15, 0.2) is 23.8 Å². The maximum Gasteiger partial charge on any atom is 0.356 e. The monoisotopic (exact) mass is 277 g/mol. The molecule has 3 N–H and O–H groups in total. The molecule has 3 aromatic rings. The minimum atomic E-state index is -1.13. The van der Waals surface area contributed by atoms with Gasteiger partial charge in [0, 0.05) is 17.8 Å². The van der Waals surface area contributed by atoms with Crippen LogP contribution in [-0.2, 0) is 0 Å². The molecule has 3 rings (SSSR count). The molecule has 0 aliphatic rings. The van der Waals surface area contributed by atoms with Gasteiger partial charge in [-0.1, -0.05) is 0 Å². The number of carbonyl (C=O) groups is 2. The fraction of sp³-hybridized carbons (Fsp3) is 0. The molecule has 0 bridgehead atoms. The average molecular weight is 277 g/mol. The number of nitrogens with two attached hydrogens (primary N) is 1. The first-order valence-corrected chi connectivity index (χ1v) is 6.00. The molecule has 19 heavy (non-hydrogen) atoms. The largest absolute Gasteiger partial charge is 0.476 e. The van der Waals surface area contributed by atoms with Gasteiger partial charge in [-0.3, -0.25) is 9.20 Å². The highest BCUT2D eigenvalue weighted by Crippen LogP contribution is 2.20. The molecular formula is C10H7N5O3S. The van der Waals surface area contributed by atoms with E-state index in [1.54, 1.807) is 11.6 Å². The SMILES string of the molecule is NC(=O)c1ccn(-c2nc3sccn3c2C(=O)O)n1. The molecule has 0 fully saturated rings. The van der Waals surface area contributed by atoms with Crippen molar-refractivity contribution in [3.8, 4) is 5.82 Å². The van der Waals surface area contributed by atoms with Gasteiger partial charge in [-0.15, -0.1) is 11.3 Å². The number of hydrogen-bond donors (Lipinski definition) is 2. The summed E-state index contributed by atoms with van der Waals surface area (Å²) < 4.78 is 2.68. The summed E-state index contributed by atoms with van der Waals surface area (Å²) >= 11 is 1.30. The van der Waals surface area contributed by atoms with Gasteiger partial charge in [0.1, 0.15) is 5.69 Å². The van der Waals surface area contributed by atoms with Gasteiger partial charge >= 0.3 is 5.97 Å². The van der Waals surface area contributed by atoms with Crippen molar-refractivity contribution in [1.29, 1.82) is 0 Å². The number of aromatic carboxylic acids is 1. The van der Waals surface area contributed by atoms with Crippen LogP contribution in [0, 0.1) is 0 Å². The molecule has 0 aliphatic heterocycles. The Kier molecular flexibility index (Phi) is 2.35. The molecular weight excluding hydrogens is 270 g/mol. The van der Waals surface area contributed by atoms with Crippen molar-refractivity contribution in [3.05, 3.63) is 35.2 Å². The molecule has 0 spiro atoms. The summed E-state index contributed by atoms with van der Waals surface area (Å²) in [6.07, 6.45) is 3.05. The molecule has 0 unspecified atom stereocenters. The second-order valence-electron chi connectivity index (χ2n) is 3.65. The second kappa shape index (κ2) is 3.92. The van der Waals surface area contributed by atoms with Crippen LogP contribution in [0.2, 0.25) is 0 Å². The Hall–Kier alpha value is -2.68. The number of nitrogens with zero attached hydrogens (tertiary/aromatic N) is 4. The first-order chi connectivity index (χ1) is 9.08. The van der Waals surface area contributed by atoms with Crippen LogP contribution in [0.5, 0.6) is 0 Å². The lowest BCUT2D eigenvalue weighted by molar-refractivity contribution is 0.0689. The molecule has 3 heterocycles. The van der Waals surface area contributed by atoms with Crippen molar-refractivity contribution < 1.29 is 14.7 Å². The van der Waals surface area contributed by atoms with Crippen LogP contribution in [-0.4, -0.2) is 36.1 Å². The van der Waals surface area contributed by atoms with Crippen molar-refractivity contribution >= 4 is 28.2 Å². The first-order valence-electron chi connectivity index (χ1n) is 5.12. The van der Waals surface area contributed by atoms with E-state index in [4.69, 9.17) is 5.73 Å². The highest BCUT2D eigenvalue weighted by Gasteiger charge is 2.21. The molecule has 0 aromatic carbocycles. The summed E-state index contributed by atoms with van der Waals surface area (Å²) in [5.74, 6) is -1.67. The highest BCUT2D eigenvalue weighted by atomic mass is 32.1. The van der Waals surface area contributed by atoms with Crippen LogP contribution in [0.4, 0.5) is 0 Å². The third kappa shape index (κ3) is 1.67. The molecule has 0 aliphatic carbocycles.